The van der Waals surface area contributed by atoms with Gasteiger partial charge in [-0.05, 0) is 18.2 Å². The van der Waals surface area contributed by atoms with Crippen LogP contribution in [-0.4, -0.2) is 5.21 Å². The van der Waals surface area contributed by atoms with E-state index in [1.165, 1.54) is 0 Å². The number of benzene rings is 1. The lowest BCUT2D eigenvalue weighted by molar-refractivity contribution is 0.389. The molecule has 2 N–H and O–H groups in total. The van der Waals surface area contributed by atoms with Crippen molar-refractivity contribution in [2.45, 2.75) is 0 Å². The molecule has 0 heterocycles. The second-order valence-corrected chi connectivity index (χ2v) is 3.60. The van der Waals surface area contributed by atoms with Crippen molar-refractivity contribution in [3.63, 3.8) is 0 Å². The molecule has 0 saturated carbocycles. The molecule has 10 heavy (non-hydrogen) atoms. The molecule has 4 heteroatoms. The zero-order chi connectivity index (χ0) is 7.56. The van der Waals surface area contributed by atoms with Gasteiger partial charge in [0.1, 0.15) is 0 Å². The Kier molecular flexibility index (Phi) is 2.71. The summed E-state index contributed by atoms with van der Waals surface area (Å²) in [5, 5.41) is 8.49. The average molecular weight is 267 g/mol. The summed E-state index contributed by atoms with van der Waals surface area (Å²) < 4.78 is 1.83. The lowest BCUT2D eigenvalue weighted by atomic mass is 10.3. The van der Waals surface area contributed by atoms with Crippen LogP contribution in [0.4, 0.5) is 5.69 Å². The molecule has 0 radical (unpaired) electrons. The fourth-order valence-electron chi connectivity index (χ4n) is 0.618. The molecule has 0 spiro atoms. The standard InChI is InChI=1S/C6H5Br2NO/c7-4-1-5(8)3-6(2-4)9-10/h1-3,9-10H. The third-order valence-corrected chi connectivity index (χ3v) is 1.91. The Balaban J connectivity index is 3.06. The third kappa shape index (κ3) is 1.97. The summed E-state index contributed by atoms with van der Waals surface area (Å²) in [4.78, 5) is 0. The molecule has 1 aromatic rings. The first-order valence-corrected chi connectivity index (χ1v) is 4.17. The lowest BCUT2D eigenvalue weighted by Gasteiger charge is -1.99. The van der Waals surface area contributed by atoms with Crippen molar-refractivity contribution >= 4 is 37.5 Å². The van der Waals surface area contributed by atoms with E-state index in [4.69, 9.17) is 5.21 Å². The molecule has 0 bridgehead atoms. The zero-order valence-electron chi connectivity index (χ0n) is 4.94. The van der Waals surface area contributed by atoms with Crippen molar-refractivity contribution in [2.24, 2.45) is 0 Å². The van der Waals surface area contributed by atoms with E-state index in [0.29, 0.717) is 5.69 Å². The highest BCUT2D eigenvalue weighted by atomic mass is 79.9. The quantitative estimate of drug-likeness (QED) is 0.766. The molecular formula is C6H5Br2NO. The highest BCUT2D eigenvalue weighted by Gasteiger charge is 1.93. The molecular weight excluding hydrogens is 262 g/mol. The molecule has 0 aliphatic carbocycles. The zero-order valence-corrected chi connectivity index (χ0v) is 8.11. The first-order chi connectivity index (χ1) is 4.72. The van der Waals surface area contributed by atoms with Crippen LogP contribution in [0.3, 0.4) is 0 Å². The van der Waals surface area contributed by atoms with Crippen LogP contribution in [0.25, 0.3) is 0 Å². The molecule has 54 valence electrons. The van der Waals surface area contributed by atoms with Gasteiger partial charge in [-0.25, -0.2) is 0 Å². The second-order valence-electron chi connectivity index (χ2n) is 1.77. The van der Waals surface area contributed by atoms with Gasteiger partial charge in [0.25, 0.3) is 0 Å². The molecule has 1 rings (SSSR count). The van der Waals surface area contributed by atoms with Crippen LogP contribution in [0.15, 0.2) is 27.1 Å². The molecule has 0 unspecified atom stereocenters. The molecule has 0 atom stereocenters. The predicted octanol–water partition coefficient (Wildman–Crippen LogP) is 3.01. The maximum Gasteiger partial charge on any atom is 0.0624 e. The summed E-state index contributed by atoms with van der Waals surface area (Å²) in [7, 11) is 0. The van der Waals surface area contributed by atoms with Crippen LogP contribution in [-0.2, 0) is 0 Å². The molecule has 0 aliphatic heterocycles. The summed E-state index contributed by atoms with van der Waals surface area (Å²) in [6, 6.07) is 5.43. The van der Waals surface area contributed by atoms with Gasteiger partial charge in [-0.15, -0.1) is 0 Å². The number of rotatable bonds is 1. The summed E-state index contributed by atoms with van der Waals surface area (Å²) in [6.07, 6.45) is 0. The van der Waals surface area contributed by atoms with Crippen LogP contribution in [0.5, 0.6) is 0 Å². The summed E-state index contributed by atoms with van der Waals surface area (Å²) in [5.41, 5.74) is 2.70. The minimum Gasteiger partial charge on any atom is -0.291 e. The Hall–Kier alpha value is -0.0600. The highest BCUT2D eigenvalue weighted by molar-refractivity contribution is 9.11. The molecule has 2 nitrogen and oxygen atoms in total. The van der Waals surface area contributed by atoms with Crippen LogP contribution >= 0.6 is 31.9 Å². The minimum atomic E-state index is 0.654. The third-order valence-electron chi connectivity index (χ3n) is 0.992. The van der Waals surface area contributed by atoms with E-state index in [1.807, 2.05) is 11.5 Å². The fraction of sp³-hybridized carbons (Fsp3) is 0. The van der Waals surface area contributed by atoms with Gasteiger partial charge < -0.3 is 0 Å². The van der Waals surface area contributed by atoms with Crippen LogP contribution in [0, 0.1) is 0 Å². The van der Waals surface area contributed by atoms with E-state index in [9.17, 15) is 0 Å². The Morgan fingerprint density at radius 2 is 1.60 bits per heavy atom. The van der Waals surface area contributed by atoms with Crippen LogP contribution in [0.1, 0.15) is 0 Å². The number of hydrogen-bond acceptors (Lipinski definition) is 2. The van der Waals surface area contributed by atoms with Gasteiger partial charge in [0.15, 0.2) is 0 Å². The first-order valence-electron chi connectivity index (χ1n) is 2.58. The smallest absolute Gasteiger partial charge is 0.0624 e. The van der Waals surface area contributed by atoms with Crippen molar-refractivity contribution in [3.05, 3.63) is 27.1 Å². The second kappa shape index (κ2) is 3.37. The normalized spacial score (nSPS) is 9.50. The summed E-state index contributed by atoms with van der Waals surface area (Å²) in [5.74, 6) is 0. The van der Waals surface area contributed by atoms with E-state index in [0.717, 1.165) is 8.95 Å². The Bertz CT molecular complexity index is 219. The Morgan fingerprint density at radius 3 is 2.00 bits per heavy atom. The van der Waals surface area contributed by atoms with E-state index >= 15 is 0 Å². The maximum atomic E-state index is 8.49. The molecule has 0 saturated heterocycles. The van der Waals surface area contributed by atoms with Crippen molar-refractivity contribution < 1.29 is 5.21 Å². The Morgan fingerprint density at radius 1 is 1.10 bits per heavy atom. The summed E-state index contributed by atoms with van der Waals surface area (Å²) in [6.45, 7) is 0. The van der Waals surface area contributed by atoms with E-state index < -0.39 is 0 Å². The SMILES string of the molecule is ONc1cc(Br)cc(Br)c1. The van der Waals surface area contributed by atoms with Gasteiger partial charge in [0.2, 0.25) is 0 Å². The molecule has 0 amide bonds. The lowest BCUT2D eigenvalue weighted by Crippen LogP contribution is -1.87. The van der Waals surface area contributed by atoms with Crippen LogP contribution in [0.2, 0.25) is 0 Å². The minimum absolute atomic E-state index is 0.654. The number of nitrogens with one attached hydrogen (secondary N) is 1. The number of hydrogen-bond donors (Lipinski definition) is 2. The molecule has 1 aromatic carbocycles. The monoisotopic (exact) mass is 265 g/mol. The first kappa shape index (κ1) is 8.04. The van der Waals surface area contributed by atoms with Gasteiger partial charge >= 0.3 is 0 Å². The van der Waals surface area contributed by atoms with Crippen molar-refractivity contribution in [1.82, 2.24) is 0 Å². The van der Waals surface area contributed by atoms with Crippen molar-refractivity contribution in [3.8, 4) is 0 Å². The van der Waals surface area contributed by atoms with Gasteiger partial charge in [0, 0.05) is 8.95 Å². The van der Waals surface area contributed by atoms with Gasteiger partial charge in [-0.1, -0.05) is 31.9 Å². The Labute approximate surface area is 75.5 Å². The van der Waals surface area contributed by atoms with Gasteiger partial charge in [-0.2, -0.15) is 0 Å². The van der Waals surface area contributed by atoms with Gasteiger partial charge in [-0.3, -0.25) is 10.7 Å². The number of halogens is 2. The predicted molar refractivity (Wildman–Crippen MR) is 47.3 cm³/mol. The molecule has 0 aliphatic rings. The molecule has 0 aromatic heterocycles. The largest absolute Gasteiger partial charge is 0.291 e. The highest BCUT2D eigenvalue weighted by Crippen LogP contribution is 2.22. The van der Waals surface area contributed by atoms with E-state index in [-0.39, 0.29) is 0 Å². The fourth-order valence-corrected chi connectivity index (χ4v) is 1.91. The number of anilines is 1. The topological polar surface area (TPSA) is 32.3 Å². The summed E-state index contributed by atoms with van der Waals surface area (Å²) >= 11 is 6.55. The molecule has 0 fully saturated rings. The maximum absolute atomic E-state index is 8.49. The van der Waals surface area contributed by atoms with Crippen molar-refractivity contribution in [2.75, 3.05) is 5.48 Å². The average Bonchev–Trinajstić information content (AvgIpc) is 1.85. The van der Waals surface area contributed by atoms with Crippen molar-refractivity contribution in [1.29, 1.82) is 0 Å². The van der Waals surface area contributed by atoms with Crippen LogP contribution < -0.4 is 5.48 Å². The van der Waals surface area contributed by atoms with Gasteiger partial charge in [0.05, 0.1) is 5.69 Å². The van der Waals surface area contributed by atoms with E-state index in [1.54, 1.807) is 12.1 Å². The van der Waals surface area contributed by atoms with E-state index in [2.05, 4.69) is 31.9 Å².